The summed E-state index contributed by atoms with van der Waals surface area (Å²) < 4.78 is 11.7. The van der Waals surface area contributed by atoms with Gasteiger partial charge in [-0.3, -0.25) is 0 Å². The van der Waals surface area contributed by atoms with E-state index in [1.165, 1.54) is 12.0 Å². The molecule has 0 spiro atoms. The topological polar surface area (TPSA) is 44.5 Å². The van der Waals surface area contributed by atoms with Crippen LogP contribution in [-0.4, -0.2) is 19.8 Å². The lowest BCUT2D eigenvalue weighted by atomic mass is 9.82. The molecule has 0 aliphatic heterocycles. The van der Waals surface area contributed by atoms with Crippen LogP contribution in [0, 0.1) is 11.8 Å². The van der Waals surface area contributed by atoms with E-state index in [-0.39, 0.29) is 0 Å². The molecule has 1 saturated carbocycles. The molecule has 1 fully saturated rings. The van der Waals surface area contributed by atoms with Crippen LogP contribution in [-0.2, 0) is 6.42 Å². The van der Waals surface area contributed by atoms with E-state index in [1.54, 1.807) is 7.11 Å². The van der Waals surface area contributed by atoms with Crippen molar-refractivity contribution in [2.75, 3.05) is 13.7 Å². The van der Waals surface area contributed by atoms with Gasteiger partial charge in [0.25, 0.3) is 0 Å². The van der Waals surface area contributed by atoms with E-state index in [1.807, 2.05) is 12.1 Å². The van der Waals surface area contributed by atoms with Crippen LogP contribution in [0.25, 0.3) is 0 Å². The molecule has 20 heavy (non-hydrogen) atoms. The predicted molar refractivity (Wildman–Crippen MR) is 82.3 cm³/mol. The number of ether oxygens (including phenoxy) is 2. The van der Waals surface area contributed by atoms with Crippen LogP contribution in [0.4, 0.5) is 0 Å². The summed E-state index contributed by atoms with van der Waals surface area (Å²) in [4.78, 5) is 0. The summed E-state index contributed by atoms with van der Waals surface area (Å²) in [6.45, 7) is 5.28. The van der Waals surface area contributed by atoms with Crippen LogP contribution in [0.15, 0.2) is 18.2 Å². The summed E-state index contributed by atoms with van der Waals surface area (Å²) in [7, 11) is 1.69. The monoisotopic (exact) mass is 277 g/mol. The highest BCUT2D eigenvalue weighted by Gasteiger charge is 2.26. The Hall–Kier alpha value is -1.22. The Kier molecular flexibility index (Phi) is 5.30. The molecule has 1 aromatic rings. The minimum absolute atomic E-state index is 0.308. The molecule has 1 aromatic carbocycles. The van der Waals surface area contributed by atoms with E-state index in [4.69, 9.17) is 15.2 Å². The normalized spacial score (nSPS) is 26.3. The fourth-order valence-corrected chi connectivity index (χ4v) is 3.28. The van der Waals surface area contributed by atoms with Gasteiger partial charge in [0.2, 0.25) is 0 Å². The molecule has 2 unspecified atom stereocenters. The Balaban J connectivity index is 2.08. The number of methoxy groups -OCH3 is 1. The molecule has 0 amide bonds. The standard InChI is InChI=1S/C17H27NO2/c1-12-8-13(2)10-15(9-12)20-16-5-4-14(6-7-18)11-17(16)19-3/h4-5,11-13,15H,6-10,18H2,1-3H3. The van der Waals surface area contributed by atoms with Crippen LogP contribution in [0.2, 0.25) is 0 Å². The van der Waals surface area contributed by atoms with Gasteiger partial charge in [-0.25, -0.2) is 0 Å². The molecule has 0 bridgehead atoms. The molecule has 0 heterocycles. The first kappa shape index (κ1) is 15.2. The van der Waals surface area contributed by atoms with Gasteiger partial charge < -0.3 is 15.2 Å². The minimum atomic E-state index is 0.308. The Bertz CT molecular complexity index is 423. The van der Waals surface area contributed by atoms with Gasteiger partial charge in [-0.1, -0.05) is 19.9 Å². The maximum Gasteiger partial charge on any atom is 0.161 e. The minimum Gasteiger partial charge on any atom is -0.493 e. The van der Waals surface area contributed by atoms with Crippen LogP contribution in [0.5, 0.6) is 11.5 Å². The summed E-state index contributed by atoms with van der Waals surface area (Å²) in [6.07, 6.45) is 4.76. The van der Waals surface area contributed by atoms with Crippen molar-refractivity contribution < 1.29 is 9.47 Å². The Morgan fingerprint density at radius 3 is 2.40 bits per heavy atom. The molecule has 2 rings (SSSR count). The molecule has 112 valence electrons. The van der Waals surface area contributed by atoms with E-state index in [2.05, 4.69) is 19.9 Å². The summed E-state index contributed by atoms with van der Waals surface area (Å²) in [5.74, 6) is 3.17. The molecular weight excluding hydrogens is 250 g/mol. The number of hydrogen-bond acceptors (Lipinski definition) is 3. The smallest absolute Gasteiger partial charge is 0.161 e. The zero-order valence-electron chi connectivity index (χ0n) is 12.9. The van der Waals surface area contributed by atoms with Gasteiger partial charge in [0.05, 0.1) is 13.2 Å². The molecular formula is C17H27NO2. The lowest BCUT2D eigenvalue weighted by Gasteiger charge is -2.32. The second-order valence-corrected chi connectivity index (χ2v) is 6.18. The molecule has 0 saturated heterocycles. The average Bonchev–Trinajstić information content (AvgIpc) is 2.39. The Morgan fingerprint density at radius 2 is 1.80 bits per heavy atom. The number of hydrogen-bond donors (Lipinski definition) is 1. The highest BCUT2D eigenvalue weighted by molar-refractivity contribution is 5.43. The maximum absolute atomic E-state index is 6.20. The third-order valence-corrected chi connectivity index (χ3v) is 4.09. The number of benzene rings is 1. The molecule has 1 aliphatic carbocycles. The van der Waals surface area contributed by atoms with E-state index >= 15 is 0 Å². The highest BCUT2D eigenvalue weighted by Crippen LogP contribution is 2.35. The van der Waals surface area contributed by atoms with Crippen molar-refractivity contribution in [1.29, 1.82) is 0 Å². The van der Waals surface area contributed by atoms with Crippen molar-refractivity contribution in [3.63, 3.8) is 0 Å². The Morgan fingerprint density at radius 1 is 1.10 bits per heavy atom. The van der Waals surface area contributed by atoms with Crippen LogP contribution in [0.3, 0.4) is 0 Å². The van der Waals surface area contributed by atoms with Crippen molar-refractivity contribution in [3.05, 3.63) is 23.8 Å². The zero-order chi connectivity index (χ0) is 14.5. The lowest BCUT2D eigenvalue weighted by molar-refractivity contribution is 0.0979. The second kappa shape index (κ2) is 6.98. The van der Waals surface area contributed by atoms with Crippen molar-refractivity contribution in [2.24, 2.45) is 17.6 Å². The summed E-state index contributed by atoms with van der Waals surface area (Å²) >= 11 is 0. The van der Waals surface area contributed by atoms with Gasteiger partial charge in [0.1, 0.15) is 0 Å². The van der Waals surface area contributed by atoms with Gasteiger partial charge in [0.15, 0.2) is 11.5 Å². The van der Waals surface area contributed by atoms with Crippen LogP contribution in [0.1, 0.15) is 38.7 Å². The van der Waals surface area contributed by atoms with Crippen molar-refractivity contribution in [3.8, 4) is 11.5 Å². The van der Waals surface area contributed by atoms with Crippen LogP contribution >= 0.6 is 0 Å². The van der Waals surface area contributed by atoms with Gasteiger partial charge in [-0.05, 0) is 61.8 Å². The number of rotatable bonds is 5. The molecule has 2 N–H and O–H groups in total. The van der Waals surface area contributed by atoms with Crippen LogP contribution < -0.4 is 15.2 Å². The average molecular weight is 277 g/mol. The van der Waals surface area contributed by atoms with E-state index in [0.717, 1.165) is 42.6 Å². The van der Waals surface area contributed by atoms with Gasteiger partial charge >= 0.3 is 0 Å². The summed E-state index contributed by atoms with van der Waals surface area (Å²) in [6, 6.07) is 6.14. The van der Waals surface area contributed by atoms with Gasteiger partial charge in [0, 0.05) is 0 Å². The third kappa shape index (κ3) is 3.89. The largest absolute Gasteiger partial charge is 0.493 e. The molecule has 0 radical (unpaired) electrons. The first-order valence-corrected chi connectivity index (χ1v) is 7.66. The van der Waals surface area contributed by atoms with Crippen molar-refractivity contribution in [2.45, 2.75) is 45.6 Å². The molecule has 3 heteroatoms. The zero-order valence-corrected chi connectivity index (χ0v) is 12.9. The predicted octanol–water partition coefficient (Wildman–Crippen LogP) is 3.40. The maximum atomic E-state index is 6.20. The van der Waals surface area contributed by atoms with Gasteiger partial charge in [-0.15, -0.1) is 0 Å². The quantitative estimate of drug-likeness (QED) is 0.897. The fourth-order valence-electron chi connectivity index (χ4n) is 3.28. The third-order valence-electron chi connectivity index (χ3n) is 4.09. The summed E-state index contributed by atoms with van der Waals surface area (Å²) in [5.41, 5.74) is 6.79. The first-order chi connectivity index (χ1) is 9.62. The van der Waals surface area contributed by atoms with Gasteiger partial charge in [-0.2, -0.15) is 0 Å². The fraction of sp³-hybridized carbons (Fsp3) is 0.647. The SMILES string of the molecule is COc1cc(CCN)ccc1OC1CC(C)CC(C)C1. The Labute approximate surface area is 122 Å². The molecule has 2 atom stereocenters. The van der Waals surface area contributed by atoms with E-state index in [0.29, 0.717) is 12.6 Å². The van der Waals surface area contributed by atoms with Crippen molar-refractivity contribution >= 4 is 0 Å². The number of nitrogens with two attached hydrogens (primary N) is 1. The summed E-state index contributed by atoms with van der Waals surface area (Å²) in [5, 5.41) is 0. The van der Waals surface area contributed by atoms with E-state index in [9.17, 15) is 0 Å². The molecule has 3 nitrogen and oxygen atoms in total. The lowest BCUT2D eigenvalue weighted by Crippen LogP contribution is -2.28. The molecule has 1 aliphatic rings. The van der Waals surface area contributed by atoms with E-state index < -0.39 is 0 Å². The first-order valence-electron chi connectivity index (χ1n) is 7.66. The molecule has 0 aromatic heterocycles. The second-order valence-electron chi connectivity index (χ2n) is 6.18. The van der Waals surface area contributed by atoms with Crippen molar-refractivity contribution in [1.82, 2.24) is 0 Å². The highest BCUT2D eigenvalue weighted by atomic mass is 16.5.